The maximum atomic E-state index is 9.22. The number of hydrogen-bond donors (Lipinski definition) is 1. The molecule has 19 heavy (non-hydrogen) atoms. The van der Waals surface area contributed by atoms with Crippen molar-refractivity contribution < 1.29 is 9.47 Å². The highest BCUT2D eigenvalue weighted by Crippen LogP contribution is 2.35. The lowest BCUT2D eigenvalue weighted by atomic mass is 9.87. The first-order valence-corrected chi connectivity index (χ1v) is 7.06. The Morgan fingerprint density at radius 2 is 1.89 bits per heavy atom. The Kier molecular flexibility index (Phi) is 7.32. The van der Waals surface area contributed by atoms with E-state index in [-0.39, 0.29) is 0 Å². The molecule has 0 aromatic rings. The van der Waals surface area contributed by atoms with Gasteiger partial charge in [0.1, 0.15) is 5.54 Å². The molecular weight excluding hydrogens is 242 g/mol. The lowest BCUT2D eigenvalue weighted by Gasteiger charge is -2.27. The molecule has 0 aromatic heterocycles. The molecule has 110 valence electrons. The Morgan fingerprint density at radius 3 is 2.42 bits per heavy atom. The molecule has 0 aliphatic heterocycles. The number of ether oxygens (including phenoxy) is 2. The lowest BCUT2D eigenvalue weighted by molar-refractivity contribution is 0.109. The van der Waals surface area contributed by atoms with Crippen LogP contribution in [0.1, 0.15) is 25.7 Å². The van der Waals surface area contributed by atoms with E-state index in [1.165, 1.54) is 0 Å². The Morgan fingerprint density at radius 1 is 1.26 bits per heavy atom. The van der Waals surface area contributed by atoms with E-state index in [1.54, 1.807) is 14.2 Å². The van der Waals surface area contributed by atoms with Crippen LogP contribution in [0.15, 0.2) is 0 Å². The summed E-state index contributed by atoms with van der Waals surface area (Å²) in [6, 6.07) is 2.31. The lowest BCUT2D eigenvalue weighted by Crippen LogP contribution is -2.43. The summed E-state index contributed by atoms with van der Waals surface area (Å²) in [6.07, 6.45) is 3.97. The van der Waals surface area contributed by atoms with Crippen molar-refractivity contribution >= 4 is 0 Å². The molecule has 0 radical (unpaired) electrons. The van der Waals surface area contributed by atoms with Gasteiger partial charge in [0.25, 0.3) is 0 Å². The third-order valence-electron chi connectivity index (χ3n) is 4.10. The molecule has 1 aliphatic carbocycles. The monoisotopic (exact) mass is 269 g/mol. The molecule has 0 bridgehead atoms. The first-order chi connectivity index (χ1) is 9.16. The Balaban J connectivity index is 2.39. The third-order valence-corrected chi connectivity index (χ3v) is 4.10. The van der Waals surface area contributed by atoms with Gasteiger partial charge in [-0.25, -0.2) is 0 Å². The van der Waals surface area contributed by atoms with E-state index in [9.17, 15) is 5.26 Å². The van der Waals surface area contributed by atoms with E-state index in [4.69, 9.17) is 15.2 Å². The van der Waals surface area contributed by atoms with Gasteiger partial charge in [-0.1, -0.05) is 6.42 Å². The molecule has 1 rings (SSSR count). The number of nitrogens with two attached hydrogens (primary N) is 1. The molecule has 0 spiro atoms. The van der Waals surface area contributed by atoms with Crippen LogP contribution in [0.4, 0.5) is 0 Å². The summed E-state index contributed by atoms with van der Waals surface area (Å²) in [5.74, 6) is 0.324. The van der Waals surface area contributed by atoms with Crippen molar-refractivity contribution in [1.82, 2.24) is 4.90 Å². The van der Waals surface area contributed by atoms with Crippen molar-refractivity contribution in [2.75, 3.05) is 47.1 Å². The highest BCUT2D eigenvalue weighted by atomic mass is 16.5. The van der Waals surface area contributed by atoms with Crippen LogP contribution in [0, 0.1) is 17.2 Å². The first-order valence-electron chi connectivity index (χ1n) is 7.06. The van der Waals surface area contributed by atoms with Gasteiger partial charge in [0, 0.05) is 27.3 Å². The van der Waals surface area contributed by atoms with E-state index in [0.29, 0.717) is 5.92 Å². The number of nitrogens with zero attached hydrogens (tertiary/aromatic N) is 2. The molecule has 2 atom stereocenters. The van der Waals surface area contributed by atoms with E-state index >= 15 is 0 Å². The largest absolute Gasteiger partial charge is 0.383 e. The van der Waals surface area contributed by atoms with Crippen LogP contribution < -0.4 is 5.73 Å². The van der Waals surface area contributed by atoms with Gasteiger partial charge in [-0.2, -0.15) is 5.26 Å². The minimum absolute atomic E-state index is 0.324. The fraction of sp³-hybridized carbons (Fsp3) is 0.929. The summed E-state index contributed by atoms with van der Waals surface area (Å²) < 4.78 is 10.3. The summed E-state index contributed by atoms with van der Waals surface area (Å²) in [5, 5.41) is 9.22. The predicted molar refractivity (Wildman–Crippen MR) is 74.7 cm³/mol. The molecule has 1 fully saturated rings. The smallest absolute Gasteiger partial charge is 0.107 e. The SMILES string of the molecule is COCCN(CCOC)CCC1CCCC1(N)C#N. The van der Waals surface area contributed by atoms with Gasteiger partial charge in [-0.3, -0.25) is 4.90 Å². The average Bonchev–Trinajstić information content (AvgIpc) is 2.80. The Hall–Kier alpha value is -0.670. The summed E-state index contributed by atoms with van der Waals surface area (Å²) in [6.45, 7) is 4.20. The number of rotatable bonds is 9. The van der Waals surface area contributed by atoms with Crippen molar-refractivity contribution in [1.29, 1.82) is 5.26 Å². The predicted octanol–water partition coefficient (Wildman–Crippen LogP) is 0.992. The van der Waals surface area contributed by atoms with E-state index in [1.807, 2.05) is 0 Å². The van der Waals surface area contributed by atoms with Gasteiger partial charge < -0.3 is 15.2 Å². The second-order valence-corrected chi connectivity index (χ2v) is 5.36. The first kappa shape index (κ1) is 16.4. The standard InChI is InChI=1S/C14H27N3O2/c1-18-10-8-17(9-11-19-2)7-5-13-4-3-6-14(13,16)12-15/h13H,3-11,16H2,1-2H3. The van der Waals surface area contributed by atoms with Crippen molar-refractivity contribution in [2.45, 2.75) is 31.2 Å². The topological polar surface area (TPSA) is 71.5 Å². The minimum atomic E-state index is -0.603. The highest BCUT2D eigenvalue weighted by Gasteiger charge is 2.39. The molecular formula is C14H27N3O2. The average molecular weight is 269 g/mol. The molecule has 0 amide bonds. The van der Waals surface area contributed by atoms with Crippen molar-refractivity contribution in [2.24, 2.45) is 11.7 Å². The quantitative estimate of drug-likeness (QED) is 0.676. The molecule has 1 saturated carbocycles. The van der Waals surface area contributed by atoms with Crippen LogP contribution in [0.3, 0.4) is 0 Å². The van der Waals surface area contributed by atoms with Gasteiger partial charge in [0.2, 0.25) is 0 Å². The van der Waals surface area contributed by atoms with Crippen molar-refractivity contribution in [3.05, 3.63) is 0 Å². The van der Waals surface area contributed by atoms with E-state index in [2.05, 4.69) is 11.0 Å². The maximum absolute atomic E-state index is 9.22. The molecule has 5 nitrogen and oxygen atoms in total. The highest BCUT2D eigenvalue weighted by molar-refractivity contribution is 5.11. The van der Waals surface area contributed by atoms with Gasteiger partial charge in [0.05, 0.1) is 19.3 Å². The third kappa shape index (κ3) is 5.07. The van der Waals surface area contributed by atoms with Crippen molar-refractivity contribution in [3.8, 4) is 6.07 Å². The minimum Gasteiger partial charge on any atom is -0.383 e. The Bertz CT molecular complexity index is 285. The van der Waals surface area contributed by atoms with Crippen LogP contribution in [0.2, 0.25) is 0 Å². The van der Waals surface area contributed by atoms with Crippen LogP contribution in [0.25, 0.3) is 0 Å². The number of hydrogen-bond acceptors (Lipinski definition) is 5. The zero-order valence-electron chi connectivity index (χ0n) is 12.2. The Labute approximate surface area is 116 Å². The molecule has 2 N–H and O–H groups in total. The summed E-state index contributed by atoms with van der Waals surface area (Å²) in [5.41, 5.74) is 5.56. The van der Waals surface area contributed by atoms with E-state index < -0.39 is 5.54 Å². The molecule has 1 aliphatic rings. The summed E-state index contributed by atoms with van der Waals surface area (Å²) >= 11 is 0. The molecule has 5 heteroatoms. The van der Waals surface area contributed by atoms with Gasteiger partial charge in [0.15, 0.2) is 0 Å². The fourth-order valence-electron chi connectivity index (χ4n) is 2.77. The van der Waals surface area contributed by atoms with Crippen LogP contribution >= 0.6 is 0 Å². The summed E-state index contributed by atoms with van der Waals surface area (Å²) in [7, 11) is 3.43. The van der Waals surface area contributed by atoms with Crippen LogP contribution in [-0.4, -0.2) is 57.5 Å². The fourth-order valence-corrected chi connectivity index (χ4v) is 2.77. The van der Waals surface area contributed by atoms with Gasteiger partial charge >= 0.3 is 0 Å². The molecule has 0 heterocycles. The molecule has 2 unspecified atom stereocenters. The summed E-state index contributed by atoms with van der Waals surface area (Å²) in [4.78, 5) is 2.32. The zero-order valence-corrected chi connectivity index (χ0v) is 12.2. The van der Waals surface area contributed by atoms with Crippen LogP contribution in [0.5, 0.6) is 0 Å². The number of nitriles is 1. The normalized spacial score (nSPS) is 26.8. The van der Waals surface area contributed by atoms with Crippen molar-refractivity contribution in [3.63, 3.8) is 0 Å². The second kappa shape index (κ2) is 8.49. The maximum Gasteiger partial charge on any atom is 0.107 e. The molecule has 0 saturated heterocycles. The van der Waals surface area contributed by atoms with Crippen LogP contribution in [-0.2, 0) is 9.47 Å². The number of methoxy groups -OCH3 is 2. The molecule has 0 aromatic carbocycles. The second-order valence-electron chi connectivity index (χ2n) is 5.36. The van der Waals surface area contributed by atoms with E-state index in [0.717, 1.165) is 58.5 Å². The van der Waals surface area contributed by atoms with Gasteiger partial charge in [-0.05, 0) is 31.7 Å². The zero-order chi connectivity index (χ0) is 14.1. The van der Waals surface area contributed by atoms with Gasteiger partial charge in [-0.15, -0.1) is 0 Å².